The van der Waals surface area contributed by atoms with Crippen LogP contribution < -0.4 is 5.32 Å². The zero-order valence-corrected chi connectivity index (χ0v) is 12.6. The number of aromatic nitrogens is 3. The predicted molar refractivity (Wildman–Crippen MR) is 83.2 cm³/mol. The highest BCUT2D eigenvalue weighted by Crippen LogP contribution is 2.31. The van der Waals surface area contributed by atoms with E-state index in [4.69, 9.17) is 0 Å². The van der Waals surface area contributed by atoms with E-state index in [2.05, 4.69) is 20.3 Å². The number of rotatable bonds is 4. The van der Waals surface area contributed by atoms with Crippen LogP contribution in [0, 0.1) is 0 Å². The summed E-state index contributed by atoms with van der Waals surface area (Å²) in [6.45, 7) is 0.773. The summed E-state index contributed by atoms with van der Waals surface area (Å²) >= 11 is 0. The molecule has 1 atom stereocenters. The van der Waals surface area contributed by atoms with Crippen molar-refractivity contribution in [3.05, 3.63) is 48.2 Å². The maximum atomic E-state index is 12.6. The first-order valence-corrected chi connectivity index (χ1v) is 7.46. The molecule has 0 aromatic carbocycles. The van der Waals surface area contributed by atoms with Gasteiger partial charge in [-0.1, -0.05) is 6.07 Å². The van der Waals surface area contributed by atoms with Crippen molar-refractivity contribution in [1.29, 1.82) is 0 Å². The normalized spacial score (nSPS) is 17.5. The number of hydrogen-bond acceptors (Lipinski definition) is 5. The van der Waals surface area contributed by atoms with E-state index in [9.17, 15) is 4.79 Å². The Bertz CT molecular complexity index is 646. The number of pyridine rings is 1. The Morgan fingerprint density at radius 2 is 2.27 bits per heavy atom. The van der Waals surface area contributed by atoms with Gasteiger partial charge in [0.15, 0.2) is 0 Å². The molecule has 0 saturated carbocycles. The number of anilines is 1. The van der Waals surface area contributed by atoms with Crippen molar-refractivity contribution >= 4 is 11.7 Å². The van der Waals surface area contributed by atoms with Gasteiger partial charge in [0.05, 0.1) is 30.6 Å². The highest BCUT2D eigenvalue weighted by Gasteiger charge is 2.31. The van der Waals surface area contributed by atoms with Gasteiger partial charge in [-0.3, -0.25) is 14.8 Å². The van der Waals surface area contributed by atoms with Crippen molar-refractivity contribution in [2.24, 2.45) is 0 Å². The number of carbonyl (C=O) groups excluding carboxylic acids is 1. The van der Waals surface area contributed by atoms with Crippen molar-refractivity contribution in [3.8, 4) is 0 Å². The van der Waals surface area contributed by atoms with Gasteiger partial charge >= 0.3 is 0 Å². The van der Waals surface area contributed by atoms with Crippen LogP contribution in [0.1, 0.15) is 30.1 Å². The number of nitrogens with zero attached hydrogens (tertiary/aromatic N) is 4. The Kier molecular flexibility index (Phi) is 4.27. The molecular formula is C16H19N5O. The Morgan fingerprint density at radius 1 is 1.36 bits per heavy atom. The Labute approximate surface area is 129 Å². The molecule has 1 N–H and O–H groups in total. The number of carbonyl (C=O) groups is 1. The van der Waals surface area contributed by atoms with E-state index in [-0.39, 0.29) is 11.9 Å². The summed E-state index contributed by atoms with van der Waals surface area (Å²) in [7, 11) is 1.81. The fourth-order valence-corrected chi connectivity index (χ4v) is 2.81. The molecule has 0 radical (unpaired) electrons. The predicted octanol–water partition coefficient (Wildman–Crippen LogP) is 1.82. The van der Waals surface area contributed by atoms with Crippen molar-refractivity contribution < 1.29 is 4.79 Å². The second kappa shape index (κ2) is 6.51. The molecule has 114 valence electrons. The molecule has 3 heterocycles. The molecule has 0 aliphatic carbocycles. The first kappa shape index (κ1) is 14.4. The second-order valence-electron chi connectivity index (χ2n) is 5.36. The summed E-state index contributed by atoms with van der Waals surface area (Å²) in [5, 5.41) is 2.99. The van der Waals surface area contributed by atoms with E-state index in [1.165, 1.54) is 0 Å². The Hall–Kier alpha value is -2.50. The zero-order chi connectivity index (χ0) is 15.4. The highest BCUT2D eigenvalue weighted by atomic mass is 16.2. The summed E-state index contributed by atoms with van der Waals surface area (Å²) in [6.07, 6.45) is 9.19. The fourth-order valence-electron chi connectivity index (χ4n) is 2.81. The molecule has 6 nitrogen and oxygen atoms in total. The van der Waals surface area contributed by atoms with Crippen LogP contribution in [0.25, 0.3) is 0 Å². The molecule has 2 aromatic heterocycles. The zero-order valence-electron chi connectivity index (χ0n) is 12.6. The quantitative estimate of drug-likeness (QED) is 0.932. The lowest BCUT2D eigenvalue weighted by atomic mass is 10.1. The van der Waals surface area contributed by atoms with E-state index in [1.807, 2.05) is 24.1 Å². The topological polar surface area (TPSA) is 71.0 Å². The van der Waals surface area contributed by atoms with E-state index >= 15 is 0 Å². The molecule has 1 saturated heterocycles. The minimum Gasteiger partial charge on any atom is -0.372 e. The van der Waals surface area contributed by atoms with Crippen molar-refractivity contribution in [1.82, 2.24) is 19.9 Å². The van der Waals surface area contributed by atoms with Gasteiger partial charge in [0, 0.05) is 26.0 Å². The molecule has 1 aliphatic rings. The maximum Gasteiger partial charge on any atom is 0.227 e. The molecule has 0 spiro atoms. The van der Waals surface area contributed by atoms with Crippen molar-refractivity contribution in [2.45, 2.75) is 25.3 Å². The maximum absolute atomic E-state index is 12.6. The molecule has 2 aromatic rings. The lowest BCUT2D eigenvalue weighted by molar-refractivity contribution is -0.131. The van der Waals surface area contributed by atoms with Gasteiger partial charge in [0.1, 0.15) is 5.82 Å². The lowest BCUT2D eigenvalue weighted by Crippen LogP contribution is -2.32. The molecule has 1 aliphatic heterocycles. The highest BCUT2D eigenvalue weighted by molar-refractivity contribution is 5.79. The lowest BCUT2D eigenvalue weighted by Gasteiger charge is -2.24. The van der Waals surface area contributed by atoms with Gasteiger partial charge in [-0.25, -0.2) is 4.98 Å². The van der Waals surface area contributed by atoms with Crippen LogP contribution in [0.2, 0.25) is 0 Å². The number of nitrogens with one attached hydrogen (secondary N) is 1. The van der Waals surface area contributed by atoms with Crippen LogP contribution in [-0.2, 0) is 11.2 Å². The summed E-state index contributed by atoms with van der Waals surface area (Å²) < 4.78 is 0. The van der Waals surface area contributed by atoms with Crippen LogP contribution in [0.3, 0.4) is 0 Å². The van der Waals surface area contributed by atoms with Gasteiger partial charge in [-0.05, 0) is 24.5 Å². The van der Waals surface area contributed by atoms with Crippen LogP contribution in [0.5, 0.6) is 0 Å². The third-order valence-electron chi connectivity index (χ3n) is 3.90. The van der Waals surface area contributed by atoms with Crippen LogP contribution >= 0.6 is 0 Å². The SMILES string of the molecule is CNc1cncc(C2CCCN2C(=O)Cc2cccnc2)n1. The summed E-state index contributed by atoms with van der Waals surface area (Å²) in [5.74, 6) is 0.844. The third kappa shape index (κ3) is 3.05. The Morgan fingerprint density at radius 3 is 3.05 bits per heavy atom. The third-order valence-corrected chi connectivity index (χ3v) is 3.90. The minimum absolute atomic E-state index is 0.0185. The largest absolute Gasteiger partial charge is 0.372 e. The average Bonchev–Trinajstić information content (AvgIpc) is 3.05. The number of likely N-dealkylation sites (tertiary alicyclic amines) is 1. The molecule has 0 bridgehead atoms. The van der Waals surface area contributed by atoms with Gasteiger partial charge in [-0.2, -0.15) is 0 Å². The summed E-state index contributed by atoms with van der Waals surface area (Å²) in [4.78, 5) is 27.3. The van der Waals surface area contributed by atoms with Crippen LogP contribution in [-0.4, -0.2) is 39.4 Å². The molecule has 22 heavy (non-hydrogen) atoms. The molecular weight excluding hydrogens is 278 g/mol. The summed E-state index contributed by atoms with van der Waals surface area (Å²) in [6, 6.07) is 3.80. The molecule has 3 rings (SSSR count). The summed E-state index contributed by atoms with van der Waals surface area (Å²) in [5.41, 5.74) is 1.79. The number of hydrogen-bond donors (Lipinski definition) is 1. The number of amides is 1. The molecule has 1 unspecified atom stereocenters. The van der Waals surface area contributed by atoms with E-state index in [0.717, 1.165) is 36.5 Å². The second-order valence-corrected chi connectivity index (χ2v) is 5.36. The van der Waals surface area contributed by atoms with E-state index < -0.39 is 0 Å². The van der Waals surface area contributed by atoms with Crippen molar-refractivity contribution in [2.75, 3.05) is 18.9 Å². The molecule has 1 amide bonds. The van der Waals surface area contributed by atoms with Crippen molar-refractivity contribution in [3.63, 3.8) is 0 Å². The standard InChI is InChI=1S/C16H19N5O/c1-17-15-11-19-10-13(20-15)14-5-3-7-21(14)16(22)8-12-4-2-6-18-9-12/h2,4,6,9-11,14H,3,5,7-8H2,1H3,(H,17,20). The van der Waals surface area contributed by atoms with Gasteiger partial charge in [0.2, 0.25) is 5.91 Å². The average molecular weight is 297 g/mol. The first-order valence-electron chi connectivity index (χ1n) is 7.46. The first-order chi connectivity index (χ1) is 10.8. The molecule has 6 heteroatoms. The minimum atomic E-state index is 0.0185. The van der Waals surface area contributed by atoms with Crippen LogP contribution in [0.15, 0.2) is 36.9 Å². The fraction of sp³-hybridized carbons (Fsp3) is 0.375. The Balaban J connectivity index is 1.76. The molecule has 1 fully saturated rings. The van der Waals surface area contributed by atoms with Gasteiger partial charge in [0.25, 0.3) is 0 Å². The van der Waals surface area contributed by atoms with E-state index in [1.54, 1.807) is 24.8 Å². The monoisotopic (exact) mass is 297 g/mol. The van der Waals surface area contributed by atoms with Crippen LogP contribution in [0.4, 0.5) is 5.82 Å². The van der Waals surface area contributed by atoms with Gasteiger partial charge < -0.3 is 10.2 Å². The van der Waals surface area contributed by atoms with E-state index in [0.29, 0.717) is 6.42 Å². The van der Waals surface area contributed by atoms with Gasteiger partial charge in [-0.15, -0.1) is 0 Å². The smallest absolute Gasteiger partial charge is 0.227 e.